The maximum atomic E-state index is 12.6. The molecule has 1 N–H and O–H groups in total. The van der Waals surface area contributed by atoms with Gasteiger partial charge in [0.15, 0.2) is 0 Å². The molecule has 5 nitrogen and oxygen atoms in total. The Morgan fingerprint density at radius 3 is 2.71 bits per heavy atom. The number of fused-ring (bicyclic) bond motifs is 1. The first kappa shape index (κ1) is 16.1. The number of carbonyl (C=O) groups is 1. The second-order valence-electron chi connectivity index (χ2n) is 5.01. The third-order valence-corrected chi connectivity index (χ3v) is 3.95. The summed E-state index contributed by atoms with van der Waals surface area (Å²) in [5.74, 6) is 0.740. The molecule has 0 spiro atoms. The Morgan fingerprint density at radius 2 is 1.96 bits per heavy atom. The van der Waals surface area contributed by atoms with Gasteiger partial charge in [-0.15, -0.1) is 0 Å². The molecule has 0 saturated carbocycles. The number of amides is 1. The van der Waals surface area contributed by atoms with Gasteiger partial charge in [0.2, 0.25) is 0 Å². The van der Waals surface area contributed by atoms with Gasteiger partial charge in [0.1, 0.15) is 11.5 Å². The number of nitrogens with one attached hydrogen (secondary N) is 1. The lowest BCUT2D eigenvalue weighted by Crippen LogP contribution is -2.13. The number of para-hydroxylation sites is 1. The molecule has 0 fully saturated rings. The number of pyridine rings is 1. The first-order valence-electron chi connectivity index (χ1n) is 7.20. The quantitative estimate of drug-likeness (QED) is 0.773. The van der Waals surface area contributed by atoms with Crippen LogP contribution < -0.4 is 14.8 Å². The lowest BCUT2D eigenvalue weighted by Gasteiger charge is -2.12. The summed E-state index contributed by atoms with van der Waals surface area (Å²) in [6.45, 7) is 0. The highest BCUT2D eigenvalue weighted by Gasteiger charge is 2.15. The number of benzene rings is 2. The predicted octanol–water partition coefficient (Wildman–Crippen LogP) is 4.16. The SMILES string of the molecule is COc1ccc(C(=O)Nc2cccc3c(Cl)ccnc23)c(OC)c1. The van der Waals surface area contributed by atoms with Crippen LogP contribution in [0.2, 0.25) is 5.02 Å². The second-order valence-corrected chi connectivity index (χ2v) is 5.42. The fraction of sp³-hybridized carbons (Fsp3) is 0.111. The van der Waals surface area contributed by atoms with Crippen molar-refractivity contribution in [3.8, 4) is 11.5 Å². The van der Waals surface area contributed by atoms with Crippen LogP contribution in [0.25, 0.3) is 10.9 Å². The molecule has 0 radical (unpaired) electrons. The van der Waals surface area contributed by atoms with Crippen molar-refractivity contribution in [1.29, 1.82) is 0 Å². The van der Waals surface area contributed by atoms with Crippen LogP contribution >= 0.6 is 11.6 Å². The third kappa shape index (κ3) is 2.98. The average Bonchev–Trinajstić information content (AvgIpc) is 2.62. The minimum atomic E-state index is -0.302. The lowest BCUT2D eigenvalue weighted by molar-refractivity contribution is 0.102. The molecular weight excluding hydrogens is 328 g/mol. The Morgan fingerprint density at radius 1 is 1.12 bits per heavy atom. The summed E-state index contributed by atoms with van der Waals surface area (Å²) in [6.07, 6.45) is 1.61. The molecule has 0 aliphatic carbocycles. The van der Waals surface area contributed by atoms with E-state index in [1.165, 1.54) is 7.11 Å². The van der Waals surface area contributed by atoms with Crippen LogP contribution in [0.3, 0.4) is 0 Å². The summed E-state index contributed by atoms with van der Waals surface area (Å²) in [5.41, 5.74) is 1.61. The number of nitrogens with zero attached hydrogens (tertiary/aromatic N) is 1. The lowest BCUT2D eigenvalue weighted by atomic mass is 10.1. The van der Waals surface area contributed by atoms with E-state index in [9.17, 15) is 4.79 Å². The Bertz CT molecular complexity index is 912. The number of hydrogen-bond acceptors (Lipinski definition) is 4. The topological polar surface area (TPSA) is 60.5 Å². The van der Waals surface area contributed by atoms with Gasteiger partial charge >= 0.3 is 0 Å². The monoisotopic (exact) mass is 342 g/mol. The van der Waals surface area contributed by atoms with E-state index in [-0.39, 0.29) is 5.91 Å². The molecule has 1 heterocycles. The van der Waals surface area contributed by atoms with Gasteiger partial charge in [0.25, 0.3) is 5.91 Å². The molecule has 1 aromatic heterocycles. The fourth-order valence-corrected chi connectivity index (χ4v) is 2.63. The largest absolute Gasteiger partial charge is 0.497 e. The summed E-state index contributed by atoms with van der Waals surface area (Å²) in [5, 5.41) is 4.22. The van der Waals surface area contributed by atoms with E-state index in [1.54, 1.807) is 43.6 Å². The number of halogens is 1. The average molecular weight is 343 g/mol. The van der Waals surface area contributed by atoms with Crippen LogP contribution in [-0.2, 0) is 0 Å². The number of rotatable bonds is 4. The van der Waals surface area contributed by atoms with Crippen molar-refractivity contribution in [2.24, 2.45) is 0 Å². The van der Waals surface area contributed by atoms with Crippen LogP contribution in [-0.4, -0.2) is 25.1 Å². The Hall–Kier alpha value is -2.79. The number of hydrogen-bond donors (Lipinski definition) is 1. The zero-order valence-electron chi connectivity index (χ0n) is 13.2. The summed E-state index contributed by atoms with van der Waals surface area (Å²) in [7, 11) is 3.06. The third-order valence-electron chi connectivity index (χ3n) is 3.62. The predicted molar refractivity (Wildman–Crippen MR) is 94.3 cm³/mol. The van der Waals surface area contributed by atoms with E-state index in [2.05, 4.69) is 10.3 Å². The van der Waals surface area contributed by atoms with E-state index >= 15 is 0 Å². The van der Waals surface area contributed by atoms with E-state index < -0.39 is 0 Å². The zero-order valence-corrected chi connectivity index (χ0v) is 13.9. The van der Waals surface area contributed by atoms with Gasteiger partial charge in [-0.1, -0.05) is 23.7 Å². The van der Waals surface area contributed by atoms with Crippen molar-refractivity contribution in [3.05, 3.63) is 59.2 Å². The molecule has 0 unspecified atom stereocenters. The van der Waals surface area contributed by atoms with Gasteiger partial charge in [-0.2, -0.15) is 0 Å². The van der Waals surface area contributed by atoms with Crippen molar-refractivity contribution >= 4 is 34.1 Å². The van der Waals surface area contributed by atoms with Gasteiger partial charge in [0.05, 0.1) is 36.0 Å². The summed E-state index contributed by atoms with van der Waals surface area (Å²) in [6, 6.07) is 12.2. The van der Waals surface area contributed by atoms with Crippen LogP contribution in [0.5, 0.6) is 11.5 Å². The Kier molecular flexibility index (Phi) is 4.53. The van der Waals surface area contributed by atoms with Crippen LogP contribution in [0.4, 0.5) is 5.69 Å². The van der Waals surface area contributed by atoms with Gasteiger partial charge in [-0.3, -0.25) is 9.78 Å². The summed E-state index contributed by atoms with van der Waals surface area (Å²) < 4.78 is 10.4. The molecule has 1 amide bonds. The highest BCUT2D eigenvalue weighted by atomic mass is 35.5. The molecular formula is C18H15ClN2O3. The maximum Gasteiger partial charge on any atom is 0.259 e. The minimum Gasteiger partial charge on any atom is -0.497 e. The van der Waals surface area contributed by atoms with Crippen LogP contribution in [0.15, 0.2) is 48.7 Å². The number of anilines is 1. The highest BCUT2D eigenvalue weighted by molar-refractivity contribution is 6.35. The number of carbonyl (C=O) groups excluding carboxylic acids is 1. The molecule has 2 aromatic carbocycles. The van der Waals surface area contributed by atoms with E-state index in [0.29, 0.717) is 33.3 Å². The Balaban J connectivity index is 1.98. The first-order valence-corrected chi connectivity index (χ1v) is 7.58. The molecule has 6 heteroatoms. The van der Waals surface area contributed by atoms with Gasteiger partial charge in [-0.05, 0) is 24.3 Å². The smallest absolute Gasteiger partial charge is 0.259 e. The Labute approximate surface area is 144 Å². The van der Waals surface area contributed by atoms with Crippen molar-refractivity contribution in [1.82, 2.24) is 4.98 Å². The molecule has 0 atom stereocenters. The van der Waals surface area contributed by atoms with Crippen molar-refractivity contribution in [2.45, 2.75) is 0 Å². The summed E-state index contributed by atoms with van der Waals surface area (Å²) in [4.78, 5) is 16.9. The maximum absolute atomic E-state index is 12.6. The molecule has 0 aliphatic heterocycles. The number of methoxy groups -OCH3 is 2. The fourth-order valence-electron chi connectivity index (χ4n) is 2.42. The highest BCUT2D eigenvalue weighted by Crippen LogP contribution is 2.29. The first-order chi connectivity index (χ1) is 11.6. The minimum absolute atomic E-state index is 0.302. The van der Waals surface area contributed by atoms with Crippen LogP contribution in [0, 0.1) is 0 Å². The second kappa shape index (κ2) is 6.76. The number of aromatic nitrogens is 1. The molecule has 3 aromatic rings. The normalized spacial score (nSPS) is 10.5. The molecule has 3 rings (SSSR count). The van der Waals surface area contributed by atoms with E-state index in [4.69, 9.17) is 21.1 Å². The van der Waals surface area contributed by atoms with E-state index in [1.807, 2.05) is 12.1 Å². The molecule has 122 valence electrons. The van der Waals surface area contributed by atoms with Crippen LogP contribution in [0.1, 0.15) is 10.4 Å². The molecule has 24 heavy (non-hydrogen) atoms. The molecule has 0 aliphatic rings. The number of ether oxygens (including phenoxy) is 2. The van der Waals surface area contributed by atoms with Gasteiger partial charge in [-0.25, -0.2) is 0 Å². The van der Waals surface area contributed by atoms with E-state index in [0.717, 1.165) is 5.39 Å². The van der Waals surface area contributed by atoms with Crippen molar-refractivity contribution < 1.29 is 14.3 Å². The van der Waals surface area contributed by atoms with Crippen molar-refractivity contribution in [3.63, 3.8) is 0 Å². The zero-order chi connectivity index (χ0) is 17.1. The standard InChI is InChI=1S/C18H15ClN2O3/c1-23-11-6-7-13(16(10-11)24-2)18(22)21-15-5-3-4-12-14(19)8-9-20-17(12)15/h3-10H,1-2H3,(H,21,22). The molecule has 0 bridgehead atoms. The molecule has 0 saturated heterocycles. The van der Waals surface area contributed by atoms with Gasteiger partial charge < -0.3 is 14.8 Å². The summed E-state index contributed by atoms with van der Waals surface area (Å²) >= 11 is 6.18. The van der Waals surface area contributed by atoms with Gasteiger partial charge in [0, 0.05) is 17.6 Å². The van der Waals surface area contributed by atoms with Crippen molar-refractivity contribution in [2.75, 3.05) is 19.5 Å².